The van der Waals surface area contributed by atoms with Gasteiger partial charge in [-0.1, -0.05) is 75.2 Å². The first-order valence-electron chi connectivity index (χ1n) is 12.4. The molecule has 3 aliphatic rings. The van der Waals surface area contributed by atoms with Gasteiger partial charge in [0.1, 0.15) is 6.61 Å². The SMILES string of the molecule is CCC(CC)CC1(O)CC2CCC(C1)N2C(=O)OCC1c2ccccc2-c2ccccc21. The lowest BCUT2D eigenvalue weighted by atomic mass is 9.78. The van der Waals surface area contributed by atoms with Gasteiger partial charge in [-0.2, -0.15) is 0 Å². The summed E-state index contributed by atoms with van der Waals surface area (Å²) in [6.07, 6.45) is 6.16. The quantitative estimate of drug-likeness (QED) is 0.597. The Bertz CT molecular complexity index is 923. The van der Waals surface area contributed by atoms with E-state index in [-0.39, 0.29) is 24.1 Å². The van der Waals surface area contributed by atoms with Crippen LogP contribution in [-0.4, -0.2) is 40.4 Å². The Morgan fingerprint density at radius 3 is 2.06 bits per heavy atom. The van der Waals surface area contributed by atoms with Crippen molar-refractivity contribution < 1.29 is 14.6 Å². The van der Waals surface area contributed by atoms with Crippen molar-refractivity contribution >= 4 is 6.09 Å². The van der Waals surface area contributed by atoms with Gasteiger partial charge < -0.3 is 14.7 Å². The van der Waals surface area contributed by atoms with Gasteiger partial charge in [0.2, 0.25) is 0 Å². The van der Waals surface area contributed by atoms with Gasteiger partial charge in [-0.15, -0.1) is 0 Å². The molecule has 1 aliphatic carbocycles. The average Bonchev–Trinajstić information content (AvgIpc) is 3.28. The zero-order valence-electron chi connectivity index (χ0n) is 19.3. The van der Waals surface area contributed by atoms with Crippen LogP contribution in [0.25, 0.3) is 11.1 Å². The van der Waals surface area contributed by atoms with E-state index in [1.165, 1.54) is 22.3 Å². The predicted octanol–water partition coefficient (Wildman–Crippen LogP) is 6.12. The molecule has 2 aromatic carbocycles. The smallest absolute Gasteiger partial charge is 0.410 e. The first-order valence-corrected chi connectivity index (χ1v) is 12.4. The minimum Gasteiger partial charge on any atom is -0.448 e. The van der Waals surface area contributed by atoms with Gasteiger partial charge in [0.15, 0.2) is 0 Å². The molecule has 2 aromatic rings. The Morgan fingerprint density at radius 2 is 1.53 bits per heavy atom. The molecule has 2 bridgehead atoms. The van der Waals surface area contributed by atoms with E-state index in [1.54, 1.807) is 0 Å². The van der Waals surface area contributed by atoms with Gasteiger partial charge in [0.25, 0.3) is 0 Å². The maximum Gasteiger partial charge on any atom is 0.410 e. The van der Waals surface area contributed by atoms with Gasteiger partial charge >= 0.3 is 6.09 Å². The molecule has 32 heavy (non-hydrogen) atoms. The summed E-state index contributed by atoms with van der Waals surface area (Å²) in [7, 11) is 0. The molecule has 2 fully saturated rings. The van der Waals surface area contributed by atoms with E-state index in [9.17, 15) is 9.90 Å². The summed E-state index contributed by atoms with van der Waals surface area (Å²) >= 11 is 0. The van der Waals surface area contributed by atoms with Crippen LogP contribution in [0, 0.1) is 5.92 Å². The van der Waals surface area contributed by atoms with E-state index in [4.69, 9.17) is 4.74 Å². The third-order valence-electron chi connectivity index (χ3n) is 8.22. The van der Waals surface area contributed by atoms with E-state index in [0.717, 1.165) is 32.1 Å². The molecule has 2 unspecified atom stereocenters. The van der Waals surface area contributed by atoms with Crippen LogP contribution in [0.5, 0.6) is 0 Å². The Kier molecular flexibility index (Phi) is 5.75. The Balaban J connectivity index is 1.27. The van der Waals surface area contributed by atoms with Gasteiger partial charge in [-0.3, -0.25) is 0 Å². The fourth-order valence-corrected chi connectivity index (χ4v) is 6.57. The number of rotatable bonds is 6. The summed E-state index contributed by atoms with van der Waals surface area (Å²) in [5.41, 5.74) is 4.33. The molecule has 0 saturated carbocycles. The summed E-state index contributed by atoms with van der Waals surface area (Å²) in [6.45, 7) is 4.77. The van der Waals surface area contributed by atoms with Crippen LogP contribution in [0.3, 0.4) is 0 Å². The molecule has 0 spiro atoms. The maximum absolute atomic E-state index is 13.2. The summed E-state index contributed by atoms with van der Waals surface area (Å²) < 4.78 is 5.96. The van der Waals surface area contributed by atoms with E-state index >= 15 is 0 Å². The predicted molar refractivity (Wildman–Crippen MR) is 127 cm³/mol. The molecular weight excluding hydrogens is 398 g/mol. The molecule has 170 valence electrons. The largest absolute Gasteiger partial charge is 0.448 e. The Morgan fingerprint density at radius 1 is 1.00 bits per heavy atom. The van der Waals surface area contributed by atoms with Crippen molar-refractivity contribution in [2.24, 2.45) is 5.92 Å². The first kappa shape index (κ1) is 21.5. The molecular formula is C28H35NO3. The van der Waals surface area contributed by atoms with Gasteiger partial charge in [-0.05, 0) is 60.3 Å². The number of carbonyl (C=O) groups excluding carboxylic acids is 1. The van der Waals surface area contributed by atoms with Crippen molar-refractivity contribution in [3.05, 3.63) is 59.7 Å². The van der Waals surface area contributed by atoms with Crippen LogP contribution in [0.4, 0.5) is 4.79 Å². The van der Waals surface area contributed by atoms with Gasteiger partial charge in [0, 0.05) is 18.0 Å². The highest BCUT2D eigenvalue weighted by Gasteiger charge is 2.50. The number of nitrogens with zero attached hydrogens (tertiary/aromatic N) is 1. The van der Waals surface area contributed by atoms with Crippen molar-refractivity contribution in [2.75, 3.05) is 6.61 Å². The monoisotopic (exact) mass is 433 g/mol. The minimum absolute atomic E-state index is 0.0839. The molecule has 2 atom stereocenters. The van der Waals surface area contributed by atoms with Crippen LogP contribution in [0.1, 0.15) is 75.8 Å². The summed E-state index contributed by atoms with van der Waals surface area (Å²) in [6, 6.07) is 17.1. The number of hydrogen-bond acceptors (Lipinski definition) is 3. The van der Waals surface area contributed by atoms with Crippen LogP contribution in [-0.2, 0) is 4.74 Å². The van der Waals surface area contributed by atoms with Crippen LogP contribution < -0.4 is 0 Å². The standard InChI is InChI=1S/C28H35NO3/c1-3-19(4-2)15-28(31)16-20-13-14-21(17-28)29(20)27(30)32-18-26-24-11-7-5-9-22(24)23-10-6-8-12-25(23)26/h5-12,19-21,26,31H,3-4,13-18H2,1-2H3. The van der Waals surface area contributed by atoms with E-state index < -0.39 is 5.60 Å². The molecule has 1 N–H and O–H groups in total. The van der Waals surface area contributed by atoms with E-state index in [1.807, 2.05) is 4.90 Å². The number of benzene rings is 2. The number of fused-ring (bicyclic) bond motifs is 5. The number of carbonyl (C=O) groups is 1. The van der Waals surface area contributed by atoms with Gasteiger partial charge in [-0.25, -0.2) is 4.79 Å². The fourth-order valence-electron chi connectivity index (χ4n) is 6.57. The highest BCUT2D eigenvalue weighted by Crippen LogP contribution is 2.46. The molecule has 4 heteroatoms. The molecule has 0 aromatic heterocycles. The van der Waals surface area contributed by atoms with Crippen LogP contribution >= 0.6 is 0 Å². The fraction of sp³-hybridized carbons (Fsp3) is 0.536. The number of aliphatic hydroxyl groups is 1. The summed E-state index contributed by atoms with van der Waals surface area (Å²) in [4.78, 5) is 15.2. The highest BCUT2D eigenvalue weighted by molar-refractivity contribution is 5.79. The summed E-state index contributed by atoms with van der Waals surface area (Å²) in [5.74, 6) is 0.640. The van der Waals surface area contributed by atoms with E-state index in [0.29, 0.717) is 25.4 Å². The molecule has 0 radical (unpaired) electrons. The molecule has 2 heterocycles. The number of hydrogen-bond donors (Lipinski definition) is 1. The van der Waals surface area contributed by atoms with Crippen LogP contribution in [0.15, 0.2) is 48.5 Å². The van der Waals surface area contributed by atoms with Crippen molar-refractivity contribution in [1.82, 2.24) is 4.90 Å². The second-order valence-corrected chi connectivity index (χ2v) is 10.1. The normalized spacial score (nSPS) is 26.3. The molecule has 2 saturated heterocycles. The average molecular weight is 434 g/mol. The Labute approximate surface area is 191 Å². The molecule has 1 amide bonds. The second-order valence-electron chi connectivity index (χ2n) is 10.1. The molecule has 2 aliphatic heterocycles. The second kappa shape index (κ2) is 8.55. The molecule has 5 rings (SSSR count). The topological polar surface area (TPSA) is 49.8 Å². The third kappa shape index (κ3) is 3.73. The Hall–Kier alpha value is -2.33. The summed E-state index contributed by atoms with van der Waals surface area (Å²) in [5, 5.41) is 11.3. The zero-order chi connectivity index (χ0) is 22.3. The van der Waals surface area contributed by atoms with Crippen molar-refractivity contribution in [3.63, 3.8) is 0 Å². The highest BCUT2D eigenvalue weighted by atomic mass is 16.6. The van der Waals surface area contributed by atoms with Crippen molar-refractivity contribution in [2.45, 2.75) is 82.4 Å². The minimum atomic E-state index is -0.636. The van der Waals surface area contributed by atoms with Crippen molar-refractivity contribution in [1.29, 1.82) is 0 Å². The lowest BCUT2D eigenvalue weighted by molar-refractivity contribution is -0.0632. The molecule has 4 nitrogen and oxygen atoms in total. The van der Waals surface area contributed by atoms with Crippen molar-refractivity contribution in [3.8, 4) is 11.1 Å². The lowest BCUT2D eigenvalue weighted by Crippen LogP contribution is -2.54. The first-order chi connectivity index (χ1) is 15.5. The third-order valence-corrected chi connectivity index (χ3v) is 8.22. The zero-order valence-corrected chi connectivity index (χ0v) is 19.3. The number of amides is 1. The number of piperidine rings is 1. The lowest BCUT2D eigenvalue weighted by Gasteiger charge is -2.44. The number of ether oxygens (including phenoxy) is 1. The van der Waals surface area contributed by atoms with Crippen LogP contribution in [0.2, 0.25) is 0 Å². The van der Waals surface area contributed by atoms with E-state index in [2.05, 4.69) is 62.4 Å². The maximum atomic E-state index is 13.2. The van der Waals surface area contributed by atoms with Gasteiger partial charge in [0.05, 0.1) is 5.60 Å².